The second-order valence-corrected chi connectivity index (χ2v) is 10.6. The lowest BCUT2D eigenvalue weighted by molar-refractivity contribution is -0.174. The van der Waals surface area contributed by atoms with Crippen LogP contribution in [-0.4, -0.2) is 33.6 Å². The predicted molar refractivity (Wildman–Crippen MR) is 125 cm³/mol. The smallest absolute Gasteiger partial charge is 0.382 e. The first-order valence-corrected chi connectivity index (χ1v) is 12.6. The average molecular weight is 500 g/mol. The molecule has 1 fully saturated rings. The van der Waals surface area contributed by atoms with Gasteiger partial charge in [-0.3, -0.25) is 4.31 Å². The van der Waals surface area contributed by atoms with Crippen molar-refractivity contribution in [3.63, 3.8) is 0 Å². The number of hydrogen-bond donors (Lipinski definition) is 0. The van der Waals surface area contributed by atoms with Gasteiger partial charge < -0.3 is 9.47 Å². The fourth-order valence-electron chi connectivity index (χ4n) is 4.51. The monoisotopic (exact) mass is 499 g/mol. The molecule has 3 aromatic rings. The number of alkyl halides is 2. The highest BCUT2D eigenvalue weighted by Crippen LogP contribution is 2.51. The van der Waals surface area contributed by atoms with E-state index in [0.717, 1.165) is 21.5 Å². The molecule has 0 saturated carbocycles. The molecule has 0 spiro atoms. The molecular formula is C26H23F2NO5S. The number of fused-ring (bicyclic) bond motifs is 2. The van der Waals surface area contributed by atoms with Crippen LogP contribution in [0.2, 0.25) is 0 Å². The molecule has 2 aliphatic rings. The number of benzene rings is 3. The second-order valence-electron chi connectivity index (χ2n) is 8.69. The molecule has 0 unspecified atom stereocenters. The van der Waals surface area contributed by atoms with Crippen LogP contribution in [-0.2, 0) is 35.8 Å². The quantitative estimate of drug-likeness (QED) is 0.391. The largest absolute Gasteiger partial charge is 0.461 e. The highest BCUT2D eigenvalue weighted by Gasteiger charge is 2.59. The molecule has 5 rings (SSSR count). The maximum absolute atomic E-state index is 15.3. The lowest BCUT2D eigenvalue weighted by atomic mass is 9.92. The number of halogens is 2. The molecule has 0 amide bonds. The van der Waals surface area contributed by atoms with Crippen molar-refractivity contribution in [2.75, 3.05) is 17.5 Å². The molecule has 0 N–H and O–H groups in total. The van der Waals surface area contributed by atoms with E-state index < -0.39 is 39.2 Å². The number of sulfonamides is 1. The van der Waals surface area contributed by atoms with Gasteiger partial charge in [0.15, 0.2) is 0 Å². The molecule has 182 valence electrons. The van der Waals surface area contributed by atoms with E-state index in [4.69, 9.17) is 9.47 Å². The number of epoxide rings is 1. The summed E-state index contributed by atoms with van der Waals surface area (Å²) in [5, 5.41) is 0. The number of rotatable bonds is 3. The van der Waals surface area contributed by atoms with E-state index in [1.54, 1.807) is 12.1 Å². The van der Waals surface area contributed by atoms with E-state index in [2.05, 4.69) is 0 Å². The number of para-hydroxylation sites is 1. The van der Waals surface area contributed by atoms with Crippen LogP contribution in [0.25, 0.3) is 0 Å². The Balaban J connectivity index is 1.67. The minimum atomic E-state index is -4.29. The van der Waals surface area contributed by atoms with Gasteiger partial charge in [0.05, 0.1) is 29.3 Å². The van der Waals surface area contributed by atoms with Crippen LogP contribution in [0.1, 0.15) is 23.1 Å². The highest BCUT2D eigenvalue weighted by atomic mass is 32.2. The van der Waals surface area contributed by atoms with Crippen molar-refractivity contribution in [1.29, 1.82) is 0 Å². The molecule has 0 bridgehead atoms. The molecule has 3 aromatic carbocycles. The number of esters is 1. The first-order chi connectivity index (χ1) is 16.7. The molecule has 2 atom stereocenters. The number of carbonyl (C=O) groups is 1. The summed E-state index contributed by atoms with van der Waals surface area (Å²) in [5.74, 6) is -5.78. The molecule has 35 heavy (non-hydrogen) atoms. The van der Waals surface area contributed by atoms with E-state index in [0.29, 0.717) is 0 Å². The summed E-state index contributed by atoms with van der Waals surface area (Å²) in [7, 11) is -4.29. The molecule has 9 heteroatoms. The van der Waals surface area contributed by atoms with Crippen molar-refractivity contribution >= 4 is 21.7 Å². The van der Waals surface area contributed by atoms with E-state index in [1.807, 2.05) is 37.3 Å². The predicted octanol–water partition coefficient (Wildman–Crippen LogP) is 4.52. The molecule has 0 aliphatic carbocycles. The van der Waals surface area contributed by atoms with Gasteiger partial charge in [-0.2, -0.15) is 8.78 Å². The van der Waals surface area contributed by atoms with E-state index in [-0.39, 0.29) is 30.2 Å². The first kappa shape index (κ1) is 23.4. The molecular weight excluding hydrogens is 476 g/mol. The lowest BCUT2D eigenvalue weighted by Gasteiger charge is -2.28. The summed E-state index contributed by atoms with van der Waals surface area (Å²) in [6.45, 7) is 1.30. The van der Waals surface area contributed by atoms with Gasteiger partial charge in [0.25, 0.3) is 10.0 Å². The third kappa shape index (κ3) is 3.98. The van der Waals surface area contributed by atoms with Gasteiger partial charge in [-0.1, -0.05) is 66.2 Å². The van der Waals surface area contributed by atoms with Crippen molar-refractivity contribution in [3.8, 4) is 0 Å². The fourth-order valence-corrected chi connectivity index (χ4v) is 5.99. The van der Waals surface area contributed by atoms with Gasteiger partial charge in [-0.25, -0.2) is 13.2 Å². The zero-order valence-corrected chi connectivity index (χ0v) is 19.7. The standard InChI is InChI=1S/C26H23F2NO5S/c1-18-11-13-20(14-12-18)35(31,32)29-17-23-25(34-23,19-7-3-2-4-8-19)15-16-33-24(30)26(27,28)21-9-5-6-10-22(21)29/h2-14,23H,15-17H2,1H3/t23-,25-/m0/s1. The third-order valence-electron chi connectivity index (χ3n) is 6.49. The minimum absolute atomic E-state index is 0.0513. The fraction of sp³-hybridized carbons (Fsp3) is 0.269. The van der Waals surface area contributed by atoms with Crippen LogP contribution < -0.4 is 4.31 Å². The Kier molecular flexibility index (Phi) is 5.64. The lowest BCUT2D eigenvalue weighted by Crippen LogP contribution is -2.38. The zero-order chi connectivity index (χ0) is 24.8. The Morgan fingerprint density at radius 3 is 2.31 bits per heavy atom. The Bertz CT molecular complexity index is 1360. The van der Waals surface area contributed by atoms with Gasteiger partial charge >= 0.3 is 11.9 Å². The molecule has 2 heterocycles. The van der Waals surface area contributed by atoms with Crippen molar-refractivity contribution < 1.29 is 31.5 Å². The normalized spacial score (nSPS) is 23.9. The molecule has 6 nitrogen and oxygen atoms in total. The summed E-state index contributed by atoms with van der Waals surface area (Å²) in [6, 6.07) is 20.3. The summed E-state index contributed by atoms with van der Waals surface area (Å²) < 4.78 is 70.2. The average Bonchev–Trinajstić information content (AvgIpc) is 3.56. The number of anilines is 1. The van der Waals surface area contributed by atoms with Crippen LogP contribution in [0, 0.1) is 6.92 Å². The summed E-state index contributed by atoms with van der Waals surface area (Å²) in [5.41, 5.74) is -0.391. The van der Waals surface area contributed by atoms with Crippen molar-refractivity contribution in [1.82, 2.24) is 0 Å². The topological polar surface area (TPSA) is 76.2 Å². The Hall–Kier alpha value is -3.30. The number of cyclic esters (lactones) is 1. The van der Waals surface area contributed by atoms with E-state index in [9.17, 15) is 13.2 Å². The minimum Gasteiger partial charge on any atom is -0.461 e. The molecule has 0 radical (unpaired) electrons. The van der Waals surface area contributed by atoms with Crippen LogP contribution in [0.15, 0.2) is 83.8 Å². The van der Waals surface area contributed by atoms with Gasteiger partial charge in [-0.05, 0) is 30.7 Å². The van der Waals surface area contributed by atoms with Crippen molar-refractivity contribution in [2.45, 2.75) is 35.9 Å². The van der Waals surface area contributed by atoms with E-state index >= 15 is 8.78 Å². The van der Waals surface area contributed by atoms with Gasteiger partial charge in [-0.15, -0.1) is 0 Å². The van der Waals surface area contributed by atoms with Gasteiger partial charge in [0.2, 0.25) is 0 Å². The zero-order valence-electron chi connectivity index (χ0n) is 18.9. The molecule has 1 saturated heterocycles. The molecule has 2 aliphatic heterocycles. The van der Waals surface area contributed by atoms with E-state index in [1.165, 1.54) is 30.3 Å². The van der Waals surface area contributed by atoms with Crippen LogP contribution in [0.3, 0.4) is 0 Å². The third-order valence-corrected chi connectivity index (χ3v) is 8.29. The maximum atomic E-state index is 15.3. The number of aryl methyl sites for hydroxylation is 1. The summed E-state index contributed by atoms with van der Waals surface area (Å²) >= 11 is 0. The maximum Gasteiger partial charge on any atom is 0.382 e. The SMILES string of the molecule is Cc1ccc(S(=O)(=O)N2C[C@@H]3O[C@]3(c3ccccc3)CCOC(=O)C(F)(F)c3ccccc32)cc1. The summed E-state index contributed by atoms with van der Waals surface area (Å²) in [6.07, 6.45) is -0.526. The number of nitrogens with zero attached hydrogens (tertiary/aromatic N) is 1. The highest BCUT2D eigenvalue weighted by molar-refractivity contribution is 7.92. The number of hydrogen-bond acceptors (Lipinski definition) is 5. The van der Waals surface area contributed by atoms with Gasteiger partial charge in [0, 0.05) is 6.42 Å². The van der Waals surface area contributed by atoms with Crippen LogP contribution in [0.4, 0.5) is 14.5 Å². The Morgan fingerprint density at radius 2 is 1.60 bits per heavy atom. The van der Waals surface area contributed by atoms with Crippen LogP contribution in [0.5, 0.6) is 0 Å². The van der Waals surface area contributed by atoms with Gasteiger partial charge in [0.1, 0.15) is 11.7 Å². The first-order valence-electron chi connectivity index (χ1n) is 11.1. The molecule has 0 aromatic heterocycles. The van der Waals surface area contributed by atoms with Crippen molar-refractivity contribution in [2.24, 2.45) is 0 Å². The Morgan fingerprint density at radius 1 is 0.943 bits per heavy atom. The second kappa shape index (κ2) is 8.42. The van der Waals surface area contributed by atoms with Crippen LogP contribution >= 0.6 is 0 Å². The number of carbonyl (C=O) groups excluding carboxylic acids is 1. The van der Waals surface area contributed by atoms with Crippen molar-refractivity contribution in [3.05, 3.63) is 95.6 Å². The summed E-state index contributed by atoms with van der Waals surface area (Å²) in [4.78, 5) is 12.4. The number of ether oxygens (including phenoxy) is 2. The Labute approximate surface area is 202 Å².